The average Bonchev–Trinajstić information content (AvgIpc) is 2.92. The van der Waals surface area contributed by atoms with Crippen LogP contribution in [0.3, 0.4) is 0 Å². The summed E-state index contributed by atoms with van der Waals surface area (Å²) in [4.78, 5) is 23.9. The standard InChI is InChI=1S/C16H15ClO4S/c1-10-3-4-11(2)13(7-10)20-9-16(19)21-8-12(18)14-5-6-15(17)22-14/h3-7H,8-9H2,1-2H3. The Morgan fingerprint density at radius 3 is 2.59 bits per heavy atom. The van der Waals surface area contributed by atoms with E-state index in [-0.39, 0.29) is 19.0 Å². The molecule has 4 nitrogen and oxygen atoms in total. The maximum Gasteiger partial charge on any atom is 0.344 e. The Balaban J connectivity index is 1.81. The number of hydrogen-bond acceptors (Lipinski definition) is 5. The van der Waals surface area contributed by atoms with Gasteiger partial charge in [0.1, 0.15) is 5.75 Å². The van der Waals surface area contributed by atoms with Crippen LogP contribution in [0.15, 0.2) is 30.3 Å². The first kappa shape index (κ1) is 16.5. The minimum Gasteiger partial charge on any atom is -0.482 e. The van der Waals surface area contributed by atoms with Crippen molar-refractivity contribution in [3.63, 3.8) is 0 Å². The van der Waals surface area contributed by atoms with Gasteiger partial charge in [0.2, 0.25) is 5.78 Å². The molecule has 0 aliphatic rings. The summed E-state index contributed by atoms with van der Waals surface area (Å²) in [5, 5.41) is 0. The van der Waals surface area contributed by atoms with Crippen molar-refractivity contribution in [2.45, 2.75) is 13.8 Å². The molecule has 2 aromatic rings. The Morgan fingerprint density at radius 2 is 1.91 bits per heavy atom. The molecule has 0 aliphatic carbocycles. The van der Waals surface area contributed by atoms with Crippen LogP contribution in [0.2, 0.25) is 4.34 Å². The van der Waals surface area contributed by atoms with E-state index in [1.165, 1.54) is 0 Å². The van der Waals surface area contributed by atoms with Gasteiger partial charge in [-0.1, -0.05) is 23.7 Å². The lowest BCUT2D eigenvalue weighted by Crippen LogP contribution is -2.19. The molecule has 22 heavy (non-hydrogen) atoms. The molecule has 0 N–H and O–H groups in total. The van der Waals surface area contributed by atoms with E-state index >= 15 is 0 Å². The van der Waals surface area contributed by atoms with Gasteiger partial charge in [0.05, 0.1) is 9.21 Å². The van der Waals surface area contributed by atoms with E-state index in [1.54, 1.807) is 12.1 Å². The number of carbonyl (C=O) groups is 2. The highest BCUT2D eigenvalue weighted by Crippen LogP contribution is 2.22. The molecule has 6 heteroatoms. The third-order valence-corrected chi connectivity index (χ3v) is 4.17. The second-order valence-corrected chi connectivity index (χ2v) is 6.46. The monoisotopic (exact) mass is 338 g/mol. The van der Waals surface area contributed by atoms with Crippen LogP contribution in [-0.4, -0.2) is 25.0 Å². The number of ketones is 1. The van der Waals surface area contributed by atoms with E-state index in [4.69, 9.17) is 21.1 Å². The van der Waals surface area contributed by atoms with Crippen molar-refractivity contribution in [1.82, 2.24) is 0 Å². The van der Waals surface area contributed by atoms with Gasteiger partial charge in [-0.2, -0.15) is 0 Å². The Bertz CT molecular complexity index is 693. The van der Waals surface area contributed by atoms with E-state index in [2.05, 4.69) is 0 Å². The molecular weight excluding hydrogens is 324 g/mol. The van der Waals surface area contributed by atoms with Gasteiger partial charge in [-0.05, 0) is 43.2 Å². The Kier molecular flexibility index (Phi) is 5.57. The van der Waals surface area contributed by atoms with Crippen LogP contribution in [0.25, 0.3) is 0 Å². The summed E-state index contributed by atoms with van der Waals surface area (Å²) < 4.78 is 10.8. The molecule has 2 rings (SSSR count). The number of esters is 1. The molecule has 116 valence electrons. The number of halogens is 1. The van der Waals surface area contributed by atoms with Crippen molar-refractivity contribution < 1.29 is 19.1 Å². The zero-order valence-electron chi connectivity index (χ0n) is 12.2. The molecule has 0 fully saturated rings. The van der Waals surface area contributed by atoms with E-state index in [0.29, 0.717) is 15.0 Å². The number of benzene rings is 1. The fourth-order valence-corrected chi connectivity index (χ4v) is 2.69. The Labute approximate surface area is 137 Å². The number of Topliss-reactive ketones (excluding diaryl/α,β-unsaturated/α-hetero) is 1. The predicted octanol–water partition coefficient (Wildman–Crippen LogP) is 3.82. The first-order valence-corrected chi connectivity index (χ1v) is 7.79. The third-order valence-electron chi connectivity index (χ3n) is 2.90. The predicted molar refractivity (Wildman–Crippen MR) is 86.0 cm³/mol. The topological polar surface area (TPSA) is 52.6 Å². The summed E-state index contributed by atoms with van der Waals surface area (Å²) in [5.41, 5.74) is 1.97. The third kappa shape index (κ3) is 4.58. The summed E-state index contributed by atoms with van der Waals surface area (Å²) in [7, 11) is 0. The summed E-state index contributed by atoms with van der Waals surface area (Å²) in [6.45, 7) is 3.29. The molecule has 0 atom stereocenters. The SMILES string of the molecule is Cc1ccc(C)c(OCC(=O)OCC(=O)c2ccc(Cl)s2)c1. The highest BCUT2D eigenvalue weighted by molar-refractivity contribution is 7.18. The van der Waals surface area contributed by atoms with Crippen LogP contribution in [0, 0.1) is 13.8 Å². The second kappa shape index (κ2) is 7.42. The molecular formula is C16H15ClO4S. The minimum atomic E-state index is -0.586. The molecule has 0 amide bonds. The van der Waals surface area contributed by atoms with E-state index in [9.17, 15) is 9.59 Å². The van der Waals surface area contributed by atoms with Gasteiger partial charge < -0.3 is 9.47 Å². The molecule has 0 saturated heterocycles. The first-order chi connectivity index (χ1) is 10.5. The largest absolute Gasteiger partial charge is 0.482 e. The van der Waals surface area contributed by atoms with Crippen molar-refractivity contribution in [3.8, 4) is 5.75 Å². The average molecular weight is 339 g/mol. The van der Waals surface area contributed by atoms with Gasteiger partial charge in [0.15, 0.2) is 13.2 Å². The van der Waals surface area contributed by atoms with Crippen LogP contribution in [-0.2, 0) is 9.53 Å². The van der Waals surface area contributed by atoms with Gasteiger partial charge in [0.25, 0.3) is 0 Å². The first-order valence-electron chi connectivity index (χ1n) is 6.60. The maximum absolute atomic E-state index is 11.8. The number of rotatable bonds is 6. The lowest BCUT2D eigenvalue weighted by molar-refractivity contribution is -0.144. The number of aryl methyl sites for hydroxylation is 2. The zero-order chi connectivity index (χ0) is 16.1. The van der Waals surface area contributed by atoms with E-state index in [0.717, 1.165) is 22.5 Å². The highest BCUT2D eigenvalue weighted by atomic mass is 35.5. The smallest absolute Gasteiger partial charge is 0.344 e. The number of hydrogen-bond donors (Lipinski definition) is 0. The van der Waals surface area contributed by atoms with Crippen LogP contribution < -0.4 is 4.74 Å². The normalized spacial score (nSPS) is 10.3. The summed E-state index contributed by atoms with van der Waals surface area (Å²) in [6.07, 6.45) is 0. The van der Waals surface area contributed by atoms with Crippen LogP contribution in [0.5, 0.6) is 5.75 Å². The van der Waals surface area contributed by atoms with Crippen molar-refractivity contribution in [2.24, 2.45) is 0 Å². The molecule has 0 bridgehead atoms. The molecule has 0 radical (unpaired) electrons. The van der Waals surface area contributed by atoms with E-state index < -0.39 is 5.97 Å². The van der Waals surface area contributed by atoms with Gasteiger partial charge in [-0.25, -0.2) is 4.79 Å². The fourth-order valence-electron chi connectivity index (χ4n) is 1.72. The molecule has 1 aromatic heterocycles. The summed E-state index contributed by atoms with van der Waals surface area (Å²) >= 11 is 6.91. The van der Waals surface area contributed by atoms with Crippen LogP contribution in [0.4, 0.5) is 0 Å². The van der Waals surface area contributed by atoms with Gasteiger partial charge >= 0.3 is 5.97 Å². The number of thiophene rings is 1. The van der Waals surface area contributed by atoms with Crippen molar-refractivity contribution in [2.75, 3.05) is 13.2 Å². The van der Waals surface area contributed by atoms with Crippen molar-refractivity contribution in [1.29, 1.82) is 0 Å². The summed E-state index contributed by atoms with van der Waals surface area (Å²) in [5.74, 6) is -0.234. The van der Waals surface area contributed by atoms with Crippen LogP contribution in [0.1, 0.15) is 20.8 Å². The quantitative estimate of drug-likeness (QED) is 0.593. The van der Waals surface area contributed by atoms with Crippen molar-refractivity contribution in [3.05, 3.63) is 50.7 Å². The molecule has 1 aromatic carbocycles. The molecule has 0 unspecified atom stereocenters. The number of carbonyl (C=O) groups excluding carboxylic acids is 2. The molecule has 1 heterocycles. The maximum atomic E-state index is 11.8. The summed E-state index contributed by atoms with van der Waals surface area (Å²) in [6, 6.07) is 8.97. The van der Waals surface area contributed by atoms with Gasteiger partial charge in [-0.3, -0.25) is 4.79 Å². The van der Waals surface area contributed by atoms with Gasteiger partial charge in [0, 0.05) is 0 Å². The lowest BCUT2D eigenvalue weighted by Gasteiger charge is -2.09. The number of ether oxygens (including phenoxy) is 2. The molecule has 0 saturated carbocycles. The second-order valence-electron chi connectivity index (χ2n) is 4.75. The van der Waals surface area contributed by atoms with Crippen LogP contribution >= 0.6 is 22.9 Å². The Morgan fingerprint density at radius 1 is 1.14 bits per heavy atom. The lowest BCUT2D eigenvalue weighted by atomic mass is 10.1. The zero-order valence-corrected chi connectivity index (χ0v) is 13.8. The Hall–Kier alpha value is -1.85. The fraction of sp³-hybridized carbons (Fsp3) is 0.250. The van der Waals surface area contributed by atoms with Crippen molar-refractivity contribution >= 4 is 34.7 Å². The molecule has 0 aliphatic heterocycles. The minimum absolute atomic E-state index is 0.233. The van der Waals surface area contributed by atoms with Gasteiger partial charge in [-0.15, -0.1) is 11.3 Å². The highest BCUT2D eigenvalue weighted by Gasteiger charge is 2.13. The molecule has 0 spiro atoms. The van der Waals surface area contributed by atoms with E-state index in [1.807, 2.05) is 32.0 Å².